The first-order valence-electron chi connectivity index (χ1n) is 9.43. The van der Waals surface area contributed by atoms with Crippen molar-refractivity contribution in [3.05, 3.63) is 29.8 Å². The van der Waals surface area contributed by atoms with E-state index in [2.05, 4.69) is 16.3 Å². The van der Waals surface area contributed by atoms with Crippen molar-refractivity contribution in [3.8, 4) is 6.07 Å². The first-order valence-corrected chi connectivity index (χ1v) is 9.43. The average Bonchev–Trinajstić information content (AvgIpc) is 3.22. The summed E-state index contributed by atoms with van der Waals surface area (Å²) in [7, 11) is 0. The van der Waals surface area contributed by atoms with Crippen LogP contribution in [0, 0.1) is 17.2 Å². The number of para-hydroxylation sites is 1. The molecule has 3 rings (SSSR count). The number of anilines is 1. The molecular formula is C20H26N4O2. The molecule has 2 aliphatic rings. The molecule has 0 saturated carbocycles. The van der Waals surface area contributed by atoms with Crippen molar-refractivity contribution in [2.24, 2.45) is 5.92 Å². The summed E-state index contributed by atoms with van der Waals surface area (Å²) >= 11 is 0. The lowest BCUT2D eigenvalue weighted by molar-refractivity contribution is -0.136. The molecule has 138 valence electrons. The molecular weight excluding hydrogens is 328 g/mol. The molecule has 1 aromatic rings. The van der Waals surface area contributed by atoms with Crippen LogP contribution in [0.3, 0.4) is 0 Å². The van der Waals surface area contributed by atoms with E-state index < -0.39 is 0 Å². The topological polar surface area (TPSA) is 76.4 Å². The van der Waals surface area contributed by atoms with Crippen molar-refractivity contribution in [2.75, 3.05) is 31.5 Å². The number of likely N-dealkylation sites (tertiary alicyclic amines) is 2. The first kappa shape index (κ1) is 18.4. The van der Waals surface area contributed by atoms with Gasteiger partial charge in [-0.15, -0.1) is 0 Å². The number of hydrogen-bond acceptors (Lipinski definition) is 4. The summed E-state index contributed by atoms with van der Waals surface area (Å²) in [5, 5.41) is 12.0. The fraction of sp³-hybridized carbons (Fsp3) is 0.550. The summed E-state index contributed by atoms with van der Waals surface area (Å²) in [6, 6.07) is 8.82. The Bertz CT molecular complexity index is 698. The third-order valence-corrected chi connectivity index (χ3v) is 5.53. The third-order valence-electron chi connectivity index (χ3n) is 5.53. The van der Waals surface area contributed by atoms with Crippen LogP contribution >= 0.6 is 0 Å². The van der Waals surface area contributed by atoms with Crippen molar-refractivity contribution in [2.45, 2.75) is 38.6 Å². The Labute approximate surface area is 154 Å². The number of carbonyl (C=O) groups excluding carboxylic acids is 2. The van der Waals surface area contributed by atoms with Crippen LogP contribution in [0.1, 0.15) is 38.2 Å². The monoisotopic (exact) mass is 354 g/mol. The van der Waals surface area contributed by atoms with Gasteiger partial charge in [-0.05, 0) is 57.8 Å². The Morgan fingerprint density at radius 1 is 1.15 bits per heavy atom. The second kappa shape index (κ2) is 8.33. The van der Waals surface area contributed by atoms with Gasteiger partial charge < -0.3 is 10.2 Å². The zero-order valence-corrected chi connectivity index (χ0v) is 15.3. The standard InChI is InChI=1S/C20H26N4O2/c1-15(19(25)22-18-7-3-2-6-17(18)14-21)23-12-8-16(9-13-23)20(26)24-10-4-5-11-24/h2-3,6-7,15-16H,4-5,8-13H2,1H3,(H,22,25)/t15-/m0/s1. The van der Waals surface area contributed by atoms with Gasteiger partial charge in [-0.2, -0.15) is 5.26 Å². The van der Waals surface area contributed by atoms with E-state index in [9.17, 15) is 9.59 Å². The number of nitrogens with zero attached hydrogens (tertiary/aromatic N) is 3. The highest BCUT2D eigenvalue weighted by Crippen LogP contribution is 2.24. The van der Waals surface area contributed by atoms with Crippen molar-refractivity contribution < 1.29 is 9.59 Å². The van der Waals surface area contributed by atoms with Gasteiger partial charge in [-0.3, -0.25) is 14.5 Å². The Hall–Kier alpha value is -2.39. The molecule has 0 unspecified atom stereocenters. The summed E-state index contributed by atoms with van der Waals surface area (Å²) in [6.45, 7) is 5.18. The van der Waals surface area contributed by atoms with Gasteiger partial charge in [0.2, 0.25) is 11.8 Å². The van der Waals surface area contributed by atoms with Gasteiger partial charge in [0.15, 0.2) is 0 Å². The van der Waals surface area contributed by atoms with Crippen molar-refractivity contribution in [1.82, 2.24) is 9.80 Å². The molecule has 0 aliphatic carbocycles. The quantitative estimate of drug-likeness (QED) is 0.899. The molecule has 2 fully saturated rings. The fourth-order valence-electron chi connectivity index (χ4n) is 3.82. The van der Waals surface area contributed by atoms with E-state index in [-0.39, 0.29) is 17.9 Å². The van der Waals surface area contributed by atoms with Crippen LogP contribution in [0.25, 0.3) is 0 Å². The van der Waals surface area contributed by atoms with Crippen LogP contribution in [0.2, 0.25) is 0 Å². The van der Waals surface area contributed by atoms with Crippen LogP contribution < -0.4 is 5.32 Å². The number of rotatable bonds is 4. The highest BCUT2D eigenvalue weighted by Gasteiger charge is 2.32. The van der Waals surface area contributed by atoms with Crippen LogP contribution in [-0.4, -0.2) is 53.8 Å². The number of carbonyl (C=O) groups is 2. The second-order valence-corrected chi connectivity index (χ2v) is 7.17. The average molecular weight is 354 g/mol. The Balaban J connectivity index is 1.53. The van der Waals surface area contributed by atoms with Gasteiger partial charge in [0.25, 0.3) is 0 Å². The minimum atomic E-state index is -0.287. The maximum atomic E-state index is 12.6. The van der Waals surface area contributed by atoms with Gasteiger partial charge >= 0.3 is 0 Å². The van der Waals surface area contributed by atoms with Crippen molar-refractivity contribution in [1.29, 1.82) is 5.26 Å². The van der Waals surface area contributed by atoms with E-state index in [1.807, 2.05) is 11.8 Å². The SMILES string of the molecule is C[C@@H](C(=O)Nc1ccccc1C#N)N1CCC(C(=O)N2CCCC2)CC1. The zero-order valence-electron chi connectivity index (χ0n) is 15.3. The Morgan fingerprint density at radius 2 is 1.81 bits per heavy atom. The molecule has 2 heterocycles. The lowest BCUT2D eigenvalue weighted by atomic mass is 9.94. The van der Waals surface area contributed by atoms with Crippen LogP contribution in [0.5, 0.6) is 0 Å². The molecule has 26 heavy (non-hydrogen) atoms. The third kappa shape index (κ3) is 4.05. The fourth-order valence-corrected chi connectivity index (χ4v) is 3.82. The summed E-state index contributed by atoms with van der Waals surface area (Å²) in [5.41, 5.74) is 1.01. The maximum absolute atomic E-state index is 12.6. The number of nitriles is 1. The van der Waals surface area contributed by atoms with Gasteiger partial charge in [0, 0.05) is 19.0 Å². The van der Waals surface area contributed by atoms with E-state index >= 15 is 0 Å². The highest BCUT2D eigenvalue weighted by atomic mass is 16.2. The molecule has 1 N–H and O–H groups in total. The molecule has 0 radical (unpaired) electrons. The van der Waals surface area contributed by atoms with Crippen LogP contribution in [-0.2, 0) is 9.59 Å². The largest absolute Gasteiger partial charge is 0.342 e. The number of nitrogens with one attached hydrogen (secondary N) is 1. The molecule has 1 atom stereocenters. The number of hydrogen-bond donors (Lipinski definition) is 1. The lowest BCUT2D eigenvalue weighted by Gasteiger charge is -2.36. The minimum absolute atomic E-state index is 0.0962. The molecule has 2 saturated heterocycles. The summed E-state index contributed by atoms with van der Waals surface area (Å²) in [4.78, 5) is 29.2. The van der Waals surface area contributed by atoms with Gasteiger partial charge in [-0.1, -0.05) is 12.1 Å². The maximum Gasteiger partial charge on any atom is 0.241 e. The van der Waals surface area contributed by atoms with Crippen molar-refractivity contribution in [3.63, 3.8) is 0 Å². The smallest absolute Gasteiger partial charge is 0.241 e. The van der Waals surface area contributed by atoms with E-state index in [1.165, 1.54) is 0 Å². The van der Waals surface area contributed by atoms with Gasteiger partial charge in [-0.25, -0.2) is 0 Å². The normalized spacial score (nSPS) is 19.8. The second-order valence-electron chi connectivity index (χ2n) is 7.17. The lowest BCUT2D eigenvalue weighted by Crippen LogP contribution is -2.48. The molecule has 2 aliphatic heterocycles. The van der Waals surface area contributed by atoms with Crippen LogP contribution in [0.15, 0.2) is 24.3 Å². The van der Waals surface area contributed by atoms with E-state index in [1.54, 1.807) is 24.3 Å². The zero-order chi connectivity index (χ0) is 18.5. The van der Waals surface area contributed by atoms with Gasteiger partial charge in [0.1, 0.15) is 6.07 Å². The van der Waals surface area contributed by atoms with E-state index in [0.717, 1.165) is 51.9 Å². The Morgan fingerprint density at radius 3 is 2.46 bits per heavy atom. The molecule has 0 aromatic heterocycles. The summed E-state index contributed by atoms with van der Waals surface area (Å²) < 4.78 is 0. The number of benzene rings is 1. The summed E-state index contributed by atoms with van der Waals surface area (Å²) in [5.74, 6) is 0.276. The minimum Gasteiger partial charge on any atom is -0.342 e. The van der Waals surface area contributed by atoms with E-state index in [0.29, 0.717) is 17.2 Å². The molecule has 0 bridgehead atoms. The predicted molar refractivity (Wildman–Crippen MR) is 99.4 cm³/mol. The molecule has 6 nitrogen and oxygen atoms in total. The first-order chi connectivity index (χ1) is 12.6. The molecule has 1 aromatic carbocycles. The number of amides is 2. The van der Waals surface area contributed by atoms with Crippen molar-refractivity contribution >= 4 is 17.5 Å². The molecule has 6 heteroatoms. The summed E-state index contributed by atoms with van der Waals surface area (Å²) in [6.07, 6.45) is 3.85. The number of piperidine rings is 1. The highest BCUT2D eigenvalue weighted by molar-refractivity contribution is 5.95. The molecule has 0 spiro atoms. The Kier molecular flexibility index (Phi) is 5.89. The van der Waals surface area contributed by atoms with Crippen LogP contribution in [0.4, 0.5) is 5.69 Å². The molecule has 2 amide bonds. The van der Waals surface area contributed by atoms with E-state index in [4.69, 9.17) is 5.26 Å². The predicted octanol–water partition coefficient (Wildman–Crippen LogP) is 2.22. The van der Waals surface area contributed by atoms with Gasteiger partial charge in [0.05, 0.1) is 17.3 Å².